The monoisotopic (exact) mass is 818 g/mol. The number of halogens is 3. The standard InChI is InChI=1S/C48H61Si.3ClH.Ti/c1-31(2)39-22-40(32(3)4)26-45(25-39)49(46-27-41(33(5)6)23-42(28-46)34(7)8,47-29-43(35(9)10)24-44(30-47)36(11)12)48-20-16-19-38(48)21-37-17-14-13-15-18-37;;;;/h13-20,22-36H,21H2,1-12H3;3*1H;/q;;;;+3/p-3. The van der Waals surface area contributed by atoms with Crippen LogP contribution in [-0.4, -0.2) is 8.07 Å². The summed E-state index contributed by atoms with van der Waals surface area (Å²) in [5.41, 5.74) is 11.6. The summed E-state index contributed by atoms with van der Waals surface area (Å²) >= 11 is 2.61. The minimum absolute atomic E-state index is 0. The van der Waals surface area contributed by atoms with E-state index in [9.17, 15) is 0 Å². The van der Waals surface area contributed by atoms with Crippen LogP contribution in [0.2, 0.25) is 3.34 Å². The zero-order valence-corrected chi connectivity index (χ0v) is 38.9. The van der Waals surface area contributed by atoms with Crippen molar-refractivity contribution in [2.75, 3.05) is 0 Å². The molecule has 0 bridgehead atoms. The van der Waals surface area contributed by atoms with Gasteiger partial charge in [-0.1, -0.05) is 0 Å². The summed E-state index contributed by atoms with van der Waals surface area (Å²) in [4.78, 5) is 0. The van der Waals surface area contributed by atoms with Gasteiger partial charge in [0.05, 0.1) is 0 Å². The second kappa shape index (κ2) is 19.3. The summed E-state index contributed by atoms with van der Waals surface area (Å²) in [5.74, 6) is 2.62. The second-order valence-electron chi connectivity index (χ2n) is 16.9. The topological polar surface area (TPSA) is 0 Å². The van der Waals surface area contributed by atoms with Crippen molar-refractivity contribution in [3.05, 3.63) is 148 Å². The van der Waals surface area contributed by atoms with Crippen molar-refractivity contribution in [3.8, 4) is 0 Å². The molecular formula is C48H61Cl3SiTi. The van der Waals surface area contributed by atoms with Gasteiger partial charge in [-0.2, -0.15) is 0 Å². The molecule has 0 saturated heterocycles. The Kier molecular flexibility index (Phi) is 17.3. The minimum atomic E-state index is -2.95. The van der Waals surface area contributed by atoms with E-state index in [0.29, 0.717) is 35.5 Å². The molecule has 0 fully saturated rings. The van der Waals surface area contributed by atoms with Crippen LogP contribution >= 0.6 is 0 Å². The Morgan fingerprint density at radius 3 is 1.06 bits per heavy atom. The average molecular weight is 820 g/mol. The summed E-state index contributed by atoms with van der Waals surface area (Å²) in [6.45, 7) is 28.5. The van der Waals surface area contributed by atoms with Gasteiger partial charge in [-0.15, -0.1) is 0 Å². The molecule has 0 aromatic heterocycles. The Balaban J connectivity index is 0.00000324. The van der Waals surface area contributed by atoms with E-state index in [4.69, 9.17) is 0 Å². The van der Waals surface area contributed by atoms with Crippen molar-refractivity contribution >= 4 is 23.6 Å². The van der Waals surface area contributed by atoms with Gasteiger partial charge < -0.3 is 37.2 Å². The molecule has 0 aliphatic heterocycles. The molecule has 1 atom stereocenters. The van der Waals surface area contributed by atoms with Crippen molar-refractivity contribution in [2.24, 2.45) is 0 Å². The maximum absolute atomic E-state index is 2.95. The molecule has 282 valence electrons. The van der Waals surface area contributed by atoms with Crippen molar-refractivity contribution in [2.45, 2.75) is 128 Å². The van der Waals surface area contributed by atoms with Gasteiger partial charge in [0, 0.05) is 0 Å². The van der Waals surface area contributed by atoms with Gasteiger partial charge in [-0.25, -0.2) is 0 Å². The normalized spacial score (nSPS) is 15.7. The summed E-state index contributed by atoms with van der Waals surface area (Å²) in [7, 11) is -2.95. The Morgan fingerprint density at radius 2 is 0.774 bits per heavy atom. The third-order valence-electron chi connectivity index (χ3n) is 11.2. The molecule has 0 heterocycles. The van der Waals surface area contributed by atoms with Crippen molar-refractivity contribution in [1.29, 1.82) is 0 Å². The molecule has 1 unspecified atom stereocenters. The fourth-order valence-corrected chi connectivity index (χ4v) is 15.9. The number of benzene rings is 4. The maximum atomic E-state index is 2.65. The number of hydrogen-bond acceptors (Lipinski definition) is 0. The first-order chi connectivity index (χ1) is 23.6. The van der Waals surface area contributed by atoms with Crippen LogP contribution in [0.3, 0.4) is 0 Å². The van der Waals surface area contributed by atoms with Gasteiger partial charge in [-0.05, 0) is 0 Å². The third-order valence-corrected chi connectivity index (χ3v) is 18.9. The average Bonchev–Trinajstić information content (AvgIpc) is 3.45. The fourth-order valence-electron chi connectivity index (χ4n) is 7.79. The number of rotatable bonds is 12. The summed E-state index contributed by atoms with van der Waals surface area (Å²) in [6.07, 6.45) is 8.42. The first-order valence-corrected chi connectivity index (χ1v) is 22.0. The van der Waals surface area contributed by atoms with Gasteiger partial charge in [-0.3, -0.25) is 0 Å². The summed E-state index contributed by atoms with van der Waals surface area (Å²) in [5, 5.41) is 4.64. The molecular weight excluding hydrogens is 759 g/mol. The molecule has 4 aromatic carbocycles. The fraction of sp³-hybridized carbons (Fsp3) is 0.417. The van der Waals surface area contributed by atoms with E-state index in [1.165, 1.54) is 44.5 Å². The van der Waals surface area contributed by atoms with Crippen LogP contribution in [0.1, 0.15) is 158 Å². The SMILES string of the molecule is CC(C)c1cc(C(C)C)cc([Si](c2cc(C(C)C)cc(C(C)C)c2)(c2cc(C(C)C)cc(C(C)C)c2)[C]2([Ti+3])C=CC=C2Cc2ccccc2)c1.[Cl-].[Cl-].[Cl-]. The van der Waals surface area contributed by atoms with E-state index in [1.807, 2.05) is 0 Å². The molecule has 4 aromatic rings. The zero-order valence-electron chi connectivity index (χ0n) is 34.1. The summed E-state index contributed by atoms with van der Waals surface area (Å²) in [6, 6.07) is 34.5. The van der Waals surface area contributed by atoms with E-state index in [2.05, 4.69) is 207 Å². The van der Waals surface area contributed by atoms with E-state index < -0.39 is 8.07 Å². The molecule has 5 heteroatoms. The van der Waals surface area contributed by atoms with Gasteiger partial charge in [0.15, 0.2) is 0 Å². The van der Waals surface area contributed by atoms with Crippen molar-refractivity contribution in [3.63, 3.8) is 0 Å². The molecule has 0 saturated carbocycles. The minimum Gasteiger partial charge on any atom is -1.00 e. The number of hydrogen-bond donors (Lipinski definition) is 0. The molecule has 0 N–H and O–H groups in total. The van der Waals surface area contributed by atoms with E-state index in [1.54, 1.807) is 15.6 Å². The second-order valence-corrected chi connectivity index (χ2v) is 22.9. The Hall–Kier alpha value is -1.84. The molecule has 0 radical (unpaired) electrons. The van der Waals surface area contributed by atoms with Crippen LogP contribution in [0.25, 0.3) is 0 Å². The van der Waals surface area contributed by atoms with E-state index in [-0.39, 0.29) is 40.6 Å². The molecule has 0 nitrogen and oxygen atoms in total. The predicted molar refractivity (Wildman–Crippen MR) is 219 cm³/mol. The predicted octanol–water partition coefficient (Wildman–Crippen LogP) is 2.89. The number of allylic oxidation sites excluding steroid dienone is 4. The first kappa shape index (κ1) is 47.3. The molecule has 1 aliphatic rings. The van der Waals surface area contributed by atoms with Crippen molar-refractivity contribution in [1.82, 2.24) is 0 Å². The molecule has 1 aliphatic carbocycles. The first-order valence-electron chi connectivity index (χ1n) is 19.2. The Bertz CT molecular complexity index is 1640. The quantitative estimate of drug-likeness (QED) is 0.153. The van der Waals surface area contributed by atoms with Crippen LogP contribution in [0, 0.1) is 0 Å². The van der Waals surface area contributed by atoms with Crippen LogP contribution in [0.5, 0.6) is 0 Å². The van der Waals surface area contributed by atoms with Gasteiger partial charge >= 0.3 is 320 Å². The van der Waals surface area contributed by atoms with Crippen LogP contribution in [0.4, 0.5) is 0 Å². The zero-order chi connectivity index (χ0) is 36.5. The molecule has 53 heavy (non-hydrogen) atoms. The molecule has 0 amide bonds. The van der Waals surface area contributed by atoms with Crippen LogP contribution in [0.15, 0.2) is 109 Å². The molecule has 5 rings (SSSR count). The van der Waals surface area contributed by atoms with Crippen LogP contribution < -0.4 is 52.8 Å². The van der Waals surface area contributed by atoms with E-state index in [0.717, 1.165) is 6.42 Å². The van der Waals surface area contributed by atoms with Crippen molar-refractivity contribution < 1.29 is 57.7 Å². The third kappa shape index (κ3) is 9.59. The Labute approximate surface area is 354 Å². The van der Waals surface area contributed by atoms with Gasteiger partial charge in [0.2, 0.25) is 0 Å². The van der Waals surface area contributed by atoms with Gasteiger partial charge in [0.1, 0.15) is 0 Å². The largest absolute Gasteiger partial charge is 1.00 e. The van der Waals surface area contributed by atoms with Gasteiger partial charge in [0.25, 0.3) is 0 Å². The smallest absolute Gasteiger partial charge is 1.00 e. The van der Waals surface area contributed by atoms with E-state index >= 15 is 0 Å². The maximum Gasteiger partial charge on any atom is -1.00 e. The van der Waals surface area contributed by atoms with Crippen LogP contribution in [-0.2, 0) is 26.9 Å². The Morgan fingerprint density at radius 1 is 0.472 bits per heavy atom. The molecule has 0 spiro atoms. The summed E-state index contributed by atoms with van der Waals surface area (Å²) < 4.78 is -0.208.